The number of halogens is 1. The van der Waals surface area contributed by atoms with E-state index >= 15 is 0 Å². The Bertz CT molecular complexity index is 455. The molecule has 2 unspecified atom stereocenters. The molecule has 1 aromatic rings. The molecule has 6 heteroatoms. The van der Waals surface area contributed by atoms with Crippen molar-refractivity contribution in [1.29, 1.82) is 0 Å². The van der Waals surface area contributed by atoms with E-state index in [2.05, 4.69) is 10.3 Å². The SMILES string of the molecule is CC1OCCC1(O)CNC(=O)c1ccncc1F. The van der Waals surface area contributed by atoms with Crippen LogP contribution in [0.25, 0.3) is 0 Å². The van der Waals surface area contributed by atoms with Crippen LogP contribution in [0.4, 0.5) is 4.39 Å². The van der Waals surface area contributed by atoms with Gasteiger partial charge in [0.15, 0.2) is 5.82 Å². The van der Waals surface area contributed by atoms with Gasteiger partial charge in [-0.1, -0.05) is 0 Å². The molecule has 1 amide bonds. The van der Waals surface area contributed by atoms with Crippen molar-refractivity contribution in [3.05, 3.63) is 29.8 Å². The lowest BCUT2D eigenvalue weighted by Crippen LogP contribution is -2.47. The highest BCUT2D eigenvalue weighted by Gasteiger charge is 2.39. The Kier molecular flexibility index (Phi) is 3.58. The van der Waals surface area contributed by atoms with Crippen LogP contribution in [0.3, 0.4) is 0 Å². The summed E-state index contributed by atoms with van der Waals surface area (Å²) in [4.78, 5) is 15.3. The number of carbonyl (C=O) groups excluding carboxylic acids is 1. The molecule has 2 atom stereocenters. The summed E-state index contributed by atoms with van der Waals surface area (Å²) >= 11 is 0. The molecule has 0 aliphatic carbocycles. The Balaban J connectivity index is 1.99. The Morgan fingerprint density at radius 2 is 2.56 bits per heavy atom. The average molecular weight is 254 g/mol. The monoisotopic (exact) mass is 254 g/mol. The van der Waals surface area contributed by atoms with E-state index in [1.54, 1.807) is 6.92 Å². The first-order chi connectivity index (χ1) is 8.53. The lowest BCUT2D eigenvalue weighted by molar-refractivity contribution is -0.0251. The van der Waals surface area contributed by atoms with Crippen LogP contribution in [0.15, 0.2) is 18.5 Å². The van der Waals surface area contributed by atoms with Crippen LogP contribution in [-0.2, 0) is 4.74 Å². The number of rotatable bonds is 3. The lowest BCUT2D eigenvalue weighted by atomic mass is 9.96. The molecule has 98 valence electrons. The fourth-order valence-corrected chi connectivity index (χ4v) is 1.89. The minimum absolute atomic E-state index is 0.0365. The van der Waals surface area contributed by atoms with E-state index in [9.17, 15) is 14.3 Å². The quantitative estimate of drug-likeness (QED) is 0.823. The van der Waals surface area contributed by atoms with Gasteiger partial charge in [0.05, 0.1) is 17.9 Å². The summed E-state index contributed by atoms with van der Waals surface area (Å²) in [5, 5.41) is 12.7. The van der Waals surface area contributed by atoms with Crippen LogP contribution < -0.4 is 5.32 Å². The van der Waals surface area contributed by atoms with Gasteiger partial charge >= 0.3 is 0 Å². The molecule has 1 aromatic heterocycles. The molecule has 1 aliphatic rings. The molecular weight excluding hydrogens is 239 g/mol. The third kappa shape index (κ3) is 2.49. The Labute approximate surface area is 104 Å². The van der Waals surface area contributed by atoms with Crippen molar-refractivity contribution in [3.8, 4) is 0 Å². The van der Waals surface area contributed by atoms with Crippen molar-refractivity contribution in [2.75, 3.05) is 13.2 Å². The smallest absolute Gasteiger partial charge is 0.254 e. The third-order valence-electron chi connectivity index (χ3n) is 3.23. The van der Waals surface area contributed by atoms with E-state index in [0.29, 0.717) is 13.0 Å². The fraction of sp³-hybridized carbons (Fsp3) is 0.500. The number of amides is 1. The molecule has 2 heterocycles. The van der Waals surface area contributed by atoms with Crippen LogP contribution in [0.2, 0.25) is 0 Å². The van der Waals surface area contributed by atoms with Crippen molar-refractivity contribution < 1.29 is 19.0 Å². The Morgan fingerprint density at radius 3 is 3.17 bits per heavy atom. The molecule has 1 fully saturated rings. The van der Waals surface area contributed by atoms with Crippen molar-refractivity contribution >= 4 is 5.91 Å². The Hall–Kier alpha value is -1.53. The molecule has 1 saturated heterocycles. The van der Waals surface area contributed by atoms with Gasteiger partial charge in [0.25, 0.3) is 5.91 Å². The summed E-state index contributed by atoms with van der Waals surface area (Å²) in [7, 11) is 0. The molecule has 2 rings (SSSR count). The van der Waals surface area contributed by atoms with Gasteiger partial charge in [-0.25, -0.2) is 4.39 Å². The van der Waals surface area contributed by atoms with Crippen LogP contribution in [0.1, 0.15) is 23.7 Å². The zero-order valence-corrected chi connectivity index (χ0v) is 10.0. The number of nitrogens with one attached hydrogen (secondary N) is 1. The number of aliphatic hydroxyl groups is 1. The van der Waals surface area contributed by atoms with E-state index in [1.165, 1.54) is 12.3 Å². The second-order valence-electron chi connectivity index (χ2n) is 4.40. The van der Waals surface area contributed by atoms with Gasteiger partial charge in [0.2, 0.25) is 0 Å². The minimum Gasteiger partial charge on any atom is -0.385 e. The highest BCUT2D eigenvalue weighted by atomic mass is 19.1. The number of hydrogen-bond acceptors (Lipinski definition) is 4. The topological polar surface area (TPSA) is 71.5 Å². The zero-order chi connectivity index (χ0) is 13.2. The molecule has 0 aromatic carbocycles. The number of pyridine rings is 1. The molecule has 18 heavy (non-hydrogen) atoms. The highest BCUT2D eigenvalue weighted by Crippen LogP contribution is 2.24. The number of nitrogens with zero attached hydrogens (tertiary/aromatic N) is 1. The van der Waals surface area contributed by atoms with E-state index in [-0.39, 0.29) is 18.2 Å². The first kappa shape index (κ1) is 12.9. The van der Waals surface area contributed by atoms with Crippen LogP contribution in [0.5, 0.6) is 0 Å². The van der Waals surface area contributed by atoms with E-state index in [0.717, 1.165) is 6.20 Å². The molecule has 1 aliphatic heterocycles. The molecular formula is C12H15FN2O3. The van der Waals surface area contributed by atoms with Gasteiger partial charge in [-0.15, -0.1) is 0 Å². The second kappa shape index (κ2) is 4.99. The Morgan fingerprint density at radius 1 is 1.78 bits per heavy atom. The predicted octanol–water partition coefficient (Wildman–Crippen LogP) is 0.490. The van der Waals surface area contributed by atoms with Crippen molar-refractivity contribution in [2.45, 2.75) is 25.0 Å². The molecule has 5 nitrogen and oxygen atoms in total. The number of aromatic nitrogens is 1. The number of hydrogen-bond donors (Lipinski definition) is 2. The maximum atomic E-state index is 13.3. The van der Waals surface area contributed by atoms with E-state index in [4.69, 9.17) is 4.74 Å². The van der Waals surface area contributed by atoms with Gasteiger partial charge < -0.3 is 15.2 Å². The second-order valence-corrected chi connectivity index (χ2v) is 4.40. The van der Waals surface area contributed by atoms with Gasteiger partial charge in [0, 0.05) is 25.8 Å². The maximum absolute atomic E-state index is 13.3. The first-order valence-corrected chi connectivity index (χ1v) is 5.74. The number of ether oxygens (including phenoxy) is 1. The van der Waals surface area contributed by atoms with Gasteiger partial charge in [-0.2, -0.15) is 0 Å². The van der Waals surface area contributed by atoms with E-state index in [1.807, 2.05) is 0 Å². The molecule has 0 bridgehead atoms. The van der Waals surface area contributed by atoms with Crippen LogP contribution in [0, 0.1) is 5.82 Å². The molecule has 0 spiro atoms. The number of carbonyl (C=O) groups is 1. The predicted molar refractivity (Wildman–Crippen MR) is 61.5 cm³/mol. The van der Waals surface area contributed by atoms with Crippen LogP contribution >= 0.6 is 0 Å². The molecule has 2 N–H and O–H groups in total. The van der Waals surface area contributed by atoms with Gasteiger partial charge in [-0.3, -0.25) is 9.78 Å². The summed E-state index contributed by atoms with van der Waals surface area (Å²) in [6.07, 6.45) is 2.42. The first-order valence-electron chi connectivity index (χ1n) is 5.74. The van der Waals surface area contributed by atoms with Gasteiger partial charge in [-0.05, 0) is 13.0 Å². The fourth-order valence-electron chi connectivity index (χ4n) is 1.89. The summed E-state index contributed by atoms with van der Waals surface area (Å²) in [5.74, 6) is -1.25. The van der Waals surface area contributed by atoms with Crippen LogP contribution in [-0.4, -0.2) is 40.9 Å². The zero-order valence-electron chi connectivity index (χ0n) is 10.0. The van der Waals surface area contributed by atoms with Gasteiger partial charge in [0.1, 0.15) is 5.60 Å². The lowest BCUT2D eigenvalue weighted by Gasteiger charge is -2.26. The summed E-state index contributed by atoms with van der Waals surface area (Å²) in [6, 6.07) is 1.29. The summed E-state index contributed by atoms with van der Waals surface area (Å²) < 4.78 is 18.5. The summed E-state index contributed by atoms with van der Waals surface area (Å²) in [6.45, 7) is 2.23. The highest BCUT2D eigenvalue weighted by molar-refractivity contribution is 5.94. The maximum Gasteiger partial charge on any atom is 0.254 e. The van der Waals surface area contributed by atoms with Crippen molar-refractivity contribution in [3.63, 3.8) is 0 Å². The average Bonchev–Trinajstić information content (AvgIpc) is 2.68. The molecule has 0 saturated carbocycles. The summed E-state index contributed by atoms with van der Waals surface area (Å²) in [5.41, 5.74) is -1.17. The minimum atomic E-state index is -1.08. The van der Waals surface area contributed by atoms with Crippen molar-refractivity contribution in [1.82, 2.24) is 10.3 Å². The standard InChI is InChI=1S/C12H15FN2O3/c1-8-12(17,3-5-18-8)7-15-11(16)9-2-4-14-6-10(9)13/h2,4,6,8,17H,3,5,7H2,1H3,(H,15,16). The largest absolute Gasteiger partial charge is 0.385 e. The normalized spacial score (nSPS) is 27.2. The third-order valence-corrected chi connectivity index (χ3v) is 3.23. The van der Waals surface area contributed by atoms with E-state index < -0.39 is 17.3 Å². The molecule has 0 radical (unpaired) electrons. The van der Waals surface area contributed by atoms with Crippen molar-refractivity contribution in [2.24, 2.45) is 0 Å².